The minimum atomic E-state index is -0.648. The number of aromatic amines is 1. The lowest BCUT2D eigenvalue weighted by Crippen LogP contribution is -2.41. The Hall–Kier alpha value is -2.13. The molecule has 0 aliphatic rings. The molecule has 0 spiro atoms. The maximum Gasteiger partial charge on any atom is 0.330 e. The van der Waals surface area contributed by atoms with E-state index in [4.69, 9.17) is 5.73 Å². The van der Waals surface area contributed by atoms with Crippen LogP contribution in [0.15, 0.2) is 31.6 Å². The van der Waals surface area contributed by atoms with Crippen LogP contribution in [0.1, 0.15) is 44.9 Å². The minimum absolute atomic E-state index is 0.0246. The van der Waals surface area contributed by atoms with E-state index in [2.05, 4.69) is 20.9 Å². The minimum Gasteiger partial charge on any atom is -0.383 e. The van der Waals surface area contributed by atoms with Gasteiger partial charge >= 0.3 is 5.69 Å². The molecule has 0 aliphatic heterocycles. The summed E-state index contributed by atoms with van der Waals surface area (Å²) in [5.41, 5.74) is 5.03. The van der Waals surface area contributed by atoms with E-state index in [1.807, 2.05) is 32.9 Å². The Morgan fingerprint density at radius 2 is 2.10 bits per heavy atom. The summed E-state index contributed by atoms with van der Waals surface area (Å²) in [6, 6.07) is 3.79. The second kappa shape index (κ2) is 10.6. The van der Waals surface area contributed by atoms with Crippen molar-refractivity contribution in [2.24, 2.45) is 5.92 Å². The topological polar surface area (TPSA) is 101 Å². The van der Waals surface area contributed by atoms with Crippen molar-refractivity contribution >= 4 is 50.8 Å². The van der Waals surface area contributed by atoms with Gasteiger partial charge in [-0.3, -0.25) is 19.1 Å². The average Bonchev–Trinajstić information content (AvgIpc) is 3.07. The average molecular weight is 483 g/mol. The third-order valence-corrected chi connectivity index (χ3v) is 5.99. The zero-order chi connectivity index (χ0) is 21.6. The van der Waals surface area contributed by atoms with Gasteiger partial charge in [0, 0.05) is 24.0 Å². The molecular formula is C20H27BrN4O3S. The maximum absolute atomic E-state index is 13.0. The van der Waals surface area contributed by atoms with Gasteiger partial charge in [0.1, 0.15) is 5.82 Å². The first kappa shape index (κ1) is 23.2. The normalized spacial score (nSPS) is 11.5. The van der Waals surface area contributed by atoms with Crippen LogP contribution in [0.5, 0.6) is 0 Å². The molecule has 2 aromatic heterocycles. The Labute approximate surface area is 182 Å². The number of nitrogens with zero attached hydrogens (tertiary/aromatic N) is 2. The molecule has 0 radical (unpaired) electrons. The number of nitrogens with two attached hydrogens (primary N) is 1. The third-order valence-electron chi connectivity index (χ3n) is 4.40. The Morgan fingerprint density at radius 1 is 1.38 bits per heavy atom. The number of hydrogen-bond acceptors (Lipinski definition) is 5. The van der Waals surface area contributed by atoms with Crippen molar-refractivity contribution in [3.63, 3.8) is 0 Å². The molecule has 0 atom stereocenters. The summed E-state index contributed by atoms with van der Waals surface area (Å²) in [6.07, 6.45) is 5.44. The van der Waals surface area contributed by atoms with Crippen molar-refractivity contribution in [3.05, 3.63) is 47.7 Å². The Bertz CT molecular complexity index is 990. The molecule has 2 heterocycles. The molecule has 158 valence electrons. The predicted molar refractivity (Wildman–Crippen MR) is 124 cm³/mol. The second-order valence-corrected chi connectivity index (χ2v) is 9.64. The lowest BCUT2D eigenvalue weighted by molar-refractivity contribution is -0.114. The molecular weight excluding hydrogens is 456 g/mol. The van der Waals surface area contributed by atoms with Gasteiger partial charge in [-0.25, -0.2) is 4.79 Å². The van der Waals surface area contributed by atoms with Crippen LogP contribution in [0.4, 0.5) is 11.5 Å². The Morgan fingerprint density at radius 3 is 2.69 bits per heavy atom. The summed E-state index contributed by atoms with van der Waals surface area (Å²) in [5.74, 6) is -0.00142. The molecule has 2 rings (SSSR count). The lowest BCUT2D eigenvalue weighted by Gasteiger charge is -2.24. The van der Waals surface area contributed by atoms with Crippen LogP contribution < -0.4 is 21.9 Å². The van der Waals surface area contributed by atoms with Crippen LogP contribution in [-0.2, 0) is 11.3 Å². The van der Waals surface area contributed by atoms with Crippen LogP contribution in [0.3, 0.4) is 0 Å². The predicted octanol–water partition coefficient (Wildman–Crippen LogP) is 3.84. The second-order valence-electron chi connectivity index (χ2n) is 7.15. The number of rotatable bonds is 9. The SMILES string of the molecule is CCCCn1c(N)c(N(CCC(C)C)C(=O)/C=C/c2ccc(Br)s2)c(=O)[nH]c1=O. The van der Waals surface area contributed by atoms with Crippen molar-refractivity contribution < 1.29 is 4.79 Å². The third kappa shape index (κ3) is 6.17. The van der Waals surface area contributed by atoms with Gasteiger partial charge in [-0.1, -0.05) is 27.2 Å². The van der Waals surface area contributed by atoms with E-state index in [0.717, 1.165) is 21.5 Å². The molecule has 1 amide bonds. The van der Waals surface area contributed by atoms with E-state index in [1.165, 1.54) is 26.9 Å². The van der Waals surface area contributed by atoms with Gasteiger partial charge in [-0.2, -0.15) is 0 Å². The monoisotopic (exact) mass is 482 g/mol. The summed E-state index contributed by atoms with van der Waals surface area (Å²) in [6.45, 7) is 6.79. The molecule has 0 saturated carbocycles. The first-order chi connectivity index (χ1) is 13.7. The fraction of sp³-hybridized carbons (Fsp3) is 0.450. The fourth-order valence-corrected chi connectivity index (χ4v) is 4.08. The number of nitrogen functional groups attached to an aromatic ring is 1. The molecule has 3 N–H and O–H groups in total. The number of nitrogens with one attached hydrogen (secondary N) is 1. The first-order valence-corrected chi connectivity index (χ1v) is 11.2. The molecule has 0 aromatic carbocycles. The summed E-state index contributed by atoms with van der Waals surface area (Å²) in [5, 5.41) is 0. The van der Waals surface area contributed by atoms with Gasteiger partial charge in [0.2, 0.25) is 0 Å². The highest BCUT2D eigenvalue weighted by Gasteiger charge is 2.23. The highest BCUT2D eigenvalue weighted by molar-refractivity contribution is 9.11. The van der Waals surface area contributed by atoms with Gasteiger partial charge in [0.25, 0.3) is 11.5 Å². The molecule has 0 fully saturated rings. The van der Waals surface area contributed by atoms with E-state index in [-0.39, 0.29) is 17.4 Å². The van der Waals surface area contributed by atoms with E-state index in [0.29, 0.717) is 25.4 Å². The van der Waals surface area contributed by atoms with Crippen LogP contribution in [0, 0.1) is 5.92 Å². The number of carbonyl (C=O) groups excluding carboxylic acids is 1. The fourth-order valence-electron chi connectivity index (χ4n) is 2.76. The molecule has 0 saturated heterocycles. The van der Waals surface area contributed by atoms with Crippen molar-refractivity contribution in [3.8, 4) is 0 Å². The standard InChI is InChI=1S/C20H27BrN4O3S/c1-4-5-11-25-18(22)17(19(27)23-20(25)28)24(12-10-13(2)3)16(26)9-7-14-6-8-15(21)29-14/h6-9,13H,4-5,10-12,22H2,1-3H3,(H,23,27,28)/b9-7+. The number of carbonyl (C=O) groups is 1. The van der Waals surface area contributed by atoms with E-state index >= 15 is 0 Å². The molecule has 0 unspecified atom stereocenters. The zero-order valence-electron chi connectivity index (χ0n) is 16.9. The van der Waals surface area contributed by atoms with Crippen LogP contribution in [0.2, 0.25) is 0 Å². The number of hydrogen-bond donors (Lipinski definition) is 2. The summed E-state index contributed by atoms with van der Waals surface area (Å²) < 4.78 is 2.29. The largest absolute Gasteiger partial charge is 0.383 e. The summed E-state index contributed by atoms with van der Waals surface area (Å²) >= 11 is 4.89. The number of anilines is 2. The molecule has 7 nitrogen and oxygen atoms in total. The van der Waals surface area contributed by atoms with Crippen molar-refractivity contribution in [1.29, 1.82) is 0 Å². The summed E-state index contributed by atoms with van der Waals surface area (Å²) in [7, 11) is 0. The molecule has 9 heteroatoms. The van der Waals surface area contributed by atoms with E-state index in [1.54, 1.807) is 6.08 Å². The van der Waals surface area contributed by atoms with Gasteiger partial charge in [0.15, 0.2) is 5.69 Å². The van der Waals surface area contributed by atoms with Crippen molar-refractivity contribution in [1.82, 2.24) is 9.55 Å². The maximum atomic E-state index is 13.0. The van der Waals surface area contributed by atoms with E-state index < -0.39 is 11.2 Å². The van der Waals surface area contributed by atoms with Crippen LogP contribution in [0.25, 0.3) is 6.08 Å². The number of amides is 1. The number of aromatic nitrogens is 2. The first-order valence-electron chi connectivity index (χ1n) is 9.62. The van der Waals surface area contributed by atoms with Crippen molar-refractivity contribution in [2.45, 2.75) is 46.6 Å². The van der Waals surface area contributed by atoms with Crippen LogP contribution in [-0.4, -0.2) is 22.0 Å². The van der Waals surface area contributed by atoms with Crippen molar-refractivity contribution in [2.75, 3.05) is 17.2 Å². The number of unbranched alkanes of at least 4 members (excludes halogenated alkanes) is 1. The van der Waals surface area contributed by atoms with Gasteiger partial charge in [-0.15, -0.1) is 11.3 Å². The van der Waals surface area contributed by atoms with E-state index in [9.17, 15) is 14.4 Å². The van der Waals surface area contributed by atoms with Crippen LogP contribution >= 0.6 is 27.3 Å². The van der Waals surface area contributed by atoms with Gasteiger partial charge in [0.05, 0.1) is 3.79 Å². The number of H-pyrrole nitrogens is 1. The Balaban J connectivity index is 2.45. The number of thiophene rings is 1. The summed E-state index contributed by atoms with van der Waals surface area (Å²) in [4.78, 5) is 42.4. The molecule has 29 heavy (non-hydrogen) atoms. The number of halogens is 1. The van der Waals surface area contributed by atoms with Gasteiger partial charge < -0.3 is 10.6 Å². The highest BCUT2D eigenvalue weighted by Crippen LogP contribution is 2.24. The smallest absolute Gasteiger partial charge is 0.330 e. The highest BCUT2D eigenvalue weighted by atomic mass is 79.9. The zero-order valence-corrected chi connectivity index (χ0v) is 19.3. The lowest BCUT2D eigenvalue weighted by atomic mass is 10.1. The van der Waals surface area contributed by atoms with Gasteiger partial charge in [-0.05, 0) is 52.9 Å². The Kier molecular flexibility index (Phi) is 8.45. The quantitative estimate of drug-likeness (QED) is 0.530. The molecule has 0 bridgehead atoms. The molecule has 0 aliphatic carbocycles. The molecule has 2 aromatic rings.